The topological polar surface area (TPSA) is 59.4 Å². The normalized spacial score (nSPS) is 10.2. The zero-order valence-corrected chi connectivity index (χ0v) is 15.8. The Bertz CT molecular complexity index is 1030. The average molecular weight is 405 g/mol. The Morgan fingerprint density at radius 2 is 1.17 bits per heavy atom. The molecule has 0 heterocycles. The van der Waals surface area contributed by atoms with E-state index in [2.05, 4.69) is 13.2 Å². The smallest absolute Gasteiger partial charge is 0.335 e. The second-order valence-electron chi connectivity index (χ2n) is 6.13. The van der Waals surface area contributed by atoms with Crippen LogP contribution in [0.1, 0.15) is 0 Å². The van der Waals surface area contributed by atoms with Gasteiger partial charge in [-0.2, -0.15) is 0 Å². The lowest BCUT2D eigenvalue weighted by atomic mass is 9.98. The Hall–Kier alpha value is -4.06. The van der Waals surface area contributed by atoms with Gasteiger partial charge in [-0.15, -0.1) is 0 Å². The van der Waals surface area contributed by atoms with Crippen molar-refractivity contribution in [3.63, 3.8) is 0 Å². The molecule has 4 nitrogen and oxygen atoms in total. The van der Waals surface area contributed by atoms with Crippen LogP contribution in [0.5, 0.6) is 11.5 Å². The van der Waals surface area contributed by atoms with Crippen LogP contribution in [-0.2, 0) is 4.79 Å². The number of ether oxygens (including phenoxy) is 2. The molecule has 3 aromatic carbocycles. The fourth-order valence-corrected chi connectivity index (χ4v) is 2.73. The quantitative estimate of drug-likeness (QED) is 0.182. The van der Waals surface area contributed by atoms with Gasteiger partial charge in [-0.05, 0) is 41.5 Å². The summed E-state index contributed by atoms with van der Waals surface area (Å²) in [6.45, 7) is 6.74. The van der Waals surface area contributed by atoms with E-state index in [0.29, 0.717) is 16.9 Å². The summed E-state index contributed by atoms with van der Waals surface area (Å²) < 4.78 is 39.7. The highest BCUT2D eigenvalue weighted by molar-refractivity contribution is 5.86. The van der Waals surface area contributed by atoms with Crippen molar-refractivity contribution < 1.29 is 23.0 Å². The van der Waals surface area contributed by atoms with Crippen LogP contribution in [-0.4, -0.2) is 11.9 Å². The van der Waals surface area contributed by atoms with Gasteiger partial charge in [0.2, 0.25) is 5.90 Å². The van der Waals surface area contributed by atoms with Crippen LogP contribution in [0.4, 0.5) is 8.78 Å². The molecule has 0 unspecified atom stereocenters. The van der Waals surface area contributed by atoms with Gasteiger partial charge in [0.1, 0.15) is 11.5 Å². The predicted octanol–water partition coefficient (Wildman–Crippen LogP) is 5.93. The maximum absolute atomic E-state index is 14.8. The van der Waals surface area contributed by atoms with Crippen LogP contribution >= 0.6 is 0 Å². The second kappa shape index (κ2) is 8.96. The zero-order chi connectivity index (χ0) is 21.7. The molecule has 0 atom stereocenters. The predicted molar refractivity (Wildman–Crippen MR) is 112 cm³/mol. The molecule has 0 aliphatic heterocycles. The number of carbonyl (C=O) groups excluding carboxylic acids is 1. The molecule has 3 aromatic rings. The fraction of sp³-hybridized carbons (Fsp3) is 0. The van der Waals surface area contributed by atoms with Gasteiger partial charge in [0.15, 0.2) is 11.6 Å². The summed E-state index contributed by atoms with van der Waals surface area (Å²) in [6.07, 6.45) is 2.28. The number of carbonyl (C=O) groups is 1. The highest BCUT2D eigenvalue weighted by Gasteiger charge is 2.16. The minimum Gasteiger partial charge on any atom is -0.440 e. The summed E-state index contributed by atoms with van der Waals surface area (Å²) in [4.78, 5) is 11.2. The molecule has 0 amide bonds. The fourth-order valence-electron chi connectivity index (χ4n) is 2.73. The maximum atomic E-state index is 14.8. The van der Waals surface area contributed by atoms with E-state index in [1.54, 1.807) is 24.3 Å². The molecule has 6 heteroatoms. The van der Waals surface area contributed by atoms with Gasteiger partial charge >= 0.3 is 5.97 Å². The number of halogens is 2. The molecule has 0 aromatic heterocycles. The highest BCUT2D eigenvalue weighted by atomic mass is 19.2. The molecule has 3 rings (SSSR count). The number of rotatable bonds is 6. The van der Waals surface area contributed by atoms with Gasteiger partial charge in [-0.25, -0.2) is 13.6 Å². The van der Waals surface area contributed by atoms with E-state index in [-0.39, 0.29) is 22.8 Å². The molecule has 30 heavy (non-hydrogen) atoms. The SMILES string of the molecule is C=CC(=N)Oc1ccc(-c2ccc(-c3ccc(OC(=O)C=C)cc3)c(F)c2F)cc1. The Balaban J connectivity index is 1.87. The molecule has 150 valence electrons. The first-order chi connectivity index (χ1) is 14.4. The third-order valence-corrected chi connectivity index (χ3v) is 4.21. The molecule has 0 aliphatic rings. The third kappa shape index (κ3) is 4.50. The van der Waals surface area contributed by atoms with E-state index in [1.807, 2.05) is 0 Å². The largest absolute Gasteiger partial charge is 0.440 e. The van der Waals surface area contributed by atoms with Crippen molar-refractivity contribution in [3.8, 4) is 33.8 Å². The lowest BCUT2D eigenvalue weighted by Gasteiger charge is -2.10. The minimum absolute atomic E-state index is 0.0808. The number of nitrogens with one attached hydrogen (secondary N) is 1. The van der Waals surface area contributed by atoms with Crippen LogP contribution in [0, 0.1) is 17.0 Å². The van der Waals surface area contributed by atoms with Gasteiger partial charge in [0.05, 0.1) is 0 Å². The van der Waals surface area contributed by atoms with Gasteiger partial charge in [-0.1, -0.05) is 49.6 Å². The minimum atomic E-state index is -0.989. The van der Waals surface area contributed by atoms with Crippen LogP contribution in [0.25, 0.3) is 22.3 Å². The summed E-state index contributed by atoms with van der Waals surface area (Å²) in [5.74, 6) is -2.04. The maximum Gasteiger partial charge on any atom is 0.335 e. The first-order valence-electron chi connectivity index (χ1n) is 8.85. The van der Waals surface area contributed by atoms with Crippen molar-refractivity contribution in [2.75, 3.05) is 0 Å². The lowest BCUT2D eigenvalue weighted by molar-refractivity contribution is -0.128. The van der Waals surface area contributed by atoms with Crippen LogP contribution in [0.3, 0.4) is 0 Å². The molecule has 0 saturated carbocycles. The molecule has 0 spiro atoms. The number of hydrogen-bond acceptors (Lipinski definition) is 4. The molecule has 0 saturated heterocycles. The zero-order valence-electron chi connectivity index (χ0n) is 15.8. The molecule has 0 fully saturated rings. The summed E-state index contributed by atoms with van der Waals surface area (Å²) in [7, 11) is 0. The monoisotopic (exact) mass is 405 g/mol. The molecule has 0 aliphatic carbocycles. The van der Waals surface area contributed by atoms with Gasteiger partial charge < -0.3 is 9.47 Å². The second-order valence-corrected chi connectivity index (χ2v) is 6.13. The number of benzene rings is 3. The van der Waals surface area contributed by atoms with Crippen LogP contribution < -0.4 is 9.47 Å². The van der Waals surface area contributed by atoms with E-state index in [4.69, 9.17) is 14.9 Å². The molecule has 1 N–H and O–H groups in total. The van der Waals surface area contributed by atoms with Gasteiger partial charge in [0.25, 0.3) is 0 Å². The van der Waals surface area contributed by atoms with E-state index < -0.39 is 17.6 Å². The van der Waals surface area contributed by atoms with Crippen molar-refractivity contribution in [3.05, 3.63) is 97.6 Å². The van der Waals surface area contributed by atoms with Crippen LogP contribution in [0.2, 0.25) is 0 Å². The van der Waals surface area contributed by atoms with Crippen molar-refractivity contribution in [1.29, 1.82) is 5.41 Å². The summed E-state index contributed by atoms with van der Waals surface area (Å²) >= 11 is 0. The molecular weight excluding hydrogens is 388 g/mol. The van der Waals surface area contributed by atoms with Crippen molar-refractivity contribution in [2.24, 2.45) is 0 Å². The molecular formula is C24H17F2NO3. The number of esters is 1. The van der Waals surface area contributed by atoms with Crippen molar-refractivity contribution >= 4 is 11.9 Å². The van der Waals surface area contributed by atoms with E-state index in [9.17, 15) is 13.6 Å². The summed E-state index contributed by atoms with van der Waals surface area (Å²) in [5, 5.41) is 7.44. The first-order valence-corrected chi connectivity index (χ1v) is 8.85. The molecule has 0 bridgehead atoms. The van der Waals surface area contributed by atoms with E-state index >= 15 is 0 Å². The Labute approximate surface area is 172 Å². The van der Waals surface area contributed by atoms with Gasteiger partial charge in [0, 0.05) is 17.2 Å². The average Bonchev–Trinajstić information content (AvgIpc) is 2.77. The van der Waals surface area contributed by atoms with Crippen LogP contribution in [0.15, 0.2) is 86.0 Å². The highest BCUT2D eigenvalue weighted by Crippen LogP contribution is 2.32. The third-order valence-electron chi connectivity index (χ3n) is 4.21. The Morgan fingerprint density at radius 1 is 0.733 bits per heavy atom. The first kappa shape index (κ1) is 20.7. The Morgan fingerprint density at radius 3 is 1.57 bits per heavy atom. The molecule has 0 radical (unpaired) electrons. The van der Waals surface area contributed by atoms with Crippen molar-refractivity contribution in [1.82, 2.24) is 0 Å². The lowest BCUT2D eigenvalue weighted by Crippen LogP contribution is -2.02. The van der Waals surface area contributed by atoms with Crippen molar-refractivity contribution in [2.45, 2.75) is 0 Å². The standard InChI is InChI=1S/C24H17F2NO3/c1-3-21(27)29-17-9-5-15(6-10-17)19-13-14-20(24(26)23(19)25)16-7-11-18(12-8-16)30-22(28)4-2/h3-14,27H,1-2H2. The summed E-state index contributed by atoms with van der Waals surface area (Å²) in [6, 6.07) is 15.3. The Kier molecular flexibility index (Phi) is 6.17. The van der Waals surface area contributed by atoms with E-state index in [0.717, 1.165) is 6.08 Å². The van der Waals surface area contributed by atoms with Gasteiger partial charge in [-0.3, -0.25) is 5.41 Å². The number of hydrogen-bond donors (Lipinski definition) is 1. The summed E-state index contributed by atoms with van der Waals surface area (Å²) in [5.41, 5.74) is 1.07. The van der Waals surface area contributed by atoms with E-state index in [1.165, 1.54) is 42.5 Å².